The van der Waals surface area contributed by atoms with Crippen LogP contribution in [0.4, 0.5) is 9.59 Å². The summed E-state index contributed by atoms with van der Waals surface area (Å²) in [4.78, 5) is 36.5. The Morgan fingerprint density at radius 2 is 1.50 bits per heavy atom. The normalized spacial score (nSPS) is 12.6. The van der Waals surface area contributed by atoms with E-state index in [0.29, 0.717) is 13.1 Å². The second kappa shape index (κ2) is 16.6. The van der Waals surface area contributed by atoms with Crippen molar-refractivity contribution in [3.63, 3.8) is 0 Å². The Morgan fingerprint density at radius 1 is 0.868 bits per heavy atom. The standard InChI is InChI=1S/C29H41N3O5S/c1-22(32-28(35)36-21-24-15-9-6-10-16-24)26(33)31-20-25(19-23-13-7-5-8-14-23)38-18-12-11-17-30-27(34)37-29(2,3)4/h5-10,13-16,22,25H,11-12,17-21H2,1-4H3,(H,30,34)(H,31,33)(H,32,35)/t22-,25?/m1/s1. The molecule has 3 N–H and O–H groups in total. The molecule has 1 unspecified atom stereocenters. The average molecular weight is 544 g/mol. The number of hydrogen-bond donors (Lipinski definition) is 3. The number of alkyl carbamates (subject to hydrolysis) is 2. The fourth-order valence-electron chi connectivity index (χ4n) is 3.42. The molecule has 0 bridgehead atoms. The summed E-state index contributed by atoms with van der Waals surface area (Å²) in [6, 6.07) is 18.8. The lowest BCUT2D eigenvalue weighted by atomic mass is 10.1. The third-order valence-corrected chi connectivity index (χ3v) is 6.67. The van der Waals surface area contributed by atoms with Gasteiger partial charge in [-0.15, -0.1) is 0 Å². The summed E-state index contributed by atoms with van der Waals surface area (Å²) in [5, 5.41) is 8.50. The summed E-state index contributed by atoms with van der Waals surface area (Å²) in [5.74, 6) is 0.630. The molecule has 0 aliphatic carbocycles. The zero-order chi connectivity index (χ0) is 27.8. The van der Waals surface area contributed by atoms with Gasteiger partial charge in [0.25, 0.3) is 0 Å². The van der Waals surface area contributed by atoms with Crippen LogP contribution in [0.5, 0.6) is 0 Å². The van der Waals surface area contributed by atoms with Gasteiger partial charge in [0.15, 0.2) is 0 Å². The van der Waals surface area contributed by atoms with Gasteiger partial charge in [0, 0.05) is 18.3 Å². The predicted molar refractivity (Wildman–Crippen MR) is 152 cm³/mol. The summed E-state index contributed by atoms with van der Waals surface area (Å²) in [6.45, 7) is 8.31. The van der Waals surface area contributed by atoms with Gasteiger partial charge >= 0.3 is 12.2 Å². The number of carbonyl (C=O) groups excluding carboxylic acids is 3. The molecule has 2 atom stereocenters. The van der Waals surface area contributed by atoms with Gasteiger partial charge in [-0.25, -0.2) is 9.59 Å². The molecule has 208 valence electrons. The zero-order valence-corrected chi connectivity index (χ0v) is 23.6. The van der Waals surface area contributed by atoms with Crippen LogP contribution >= 0.6 is 11.8 Å². The van der Waals surface area contributed by atoms with Crippen molar-refractivity contribution >= 4 is 29.9 Å². The van der Waals surface area contributed by atoms with E-state index in [1.54, 1.807) is 18.7 Å². The molecule has 38 heavy (non-hydrogen) atoms. The van der Waals surface area contributed by atoms with Crippen molar-refractivity contribution in [3.05, 3.63) is 71.8 Å². The van der Waals surface area contributed by atoms with Crippen LogP contribution in [0.2, 0.25) is 0 Å². The summed E-state index contributed by atoms with van der Waals surface area (Å²) >= 11 is 1.79. The maximum absolute atomic E-state index is 12.6. The first-order valence-electron chi connectivity index (χ1n) is 13.0. The van der Waals surface area contributed by atoms with E-state index < -0.39 is 23.8 Å². The lowest BCUT2D eigenvalue weighted by Crippen LogP contribution is -2.46. The lowest BCUT2D eigenvalue weighted by Gasteiger charge is -2.20. The SMILES string of the molecule is C[C@@H](NC(=O)OCc1ccccc1)C(=O)NCC(Cc1ccccc1)SCCCCNC(=O)OC(C)(C)C. The van der Waals surface area contributed by atoms with Crippen molar-refractivity contribution in [1.29, 1.82) is 0 Å². The van der Waals surface area contributed by atoms with Crippen molar-refractivity contribution in [1.82, 2.24) is 16.0 Å². The highest BCUT2D eigenvalue weighted by molar-refractivity contribution is 7.99. The van der Waals surface area contributed by atoms with Crippen LogP contribution in [0.3, 0.4) is 0 Å². The summed E-state index contributed by atoms with van der Waals surface area (Å²) in [5.41, 5.74) is 1.56. The quantitative estimate of drug-likeness (QED) is 0.288. The zero-order valence-electron chi connectivity index (χ0n) is 22.8. The first-order valence-corrected chi connectivity index (χ1v) is 14.0. The van der Waals surface area contributed by atoms with Gasteiger partial charge in [-0.05, 0) is 63.8 Å². The van der Waals surface area contributed by atoms with E-state index in [4.69, 9.17) is 9.47 Å². The van der Waals surface area contributed by atoms with Gasteiger partial charge in [-0.3, -0.25) is 4.79 Å². The summed E-state index contributed by atoms with van der Waals surface area (Å²) in [6.07, 6.45) is 1.53. The van der Waals surface area contributed by atoms with Crippen LogP contribution in [0.1, 0.15) is 51.7 Å². The molecule has 2 aromatic carbocycles. The number of unbranched alkanes of at least 4 members (excludes halogenated alkanes) is 1. The number of thioether (sulfide) groups is 1. The molecule has 9 heteroatoms. The molecular formula is C29H41N3O5S. The van der Waals surface area contributed by atoms with Gasteiger partial charge < -0.3 is 25.4 Å². The summed E-state index contributed by atoms with van der Waals surface area (Å²) in [7, 11) is 0. The largest absolute Gasteiger partial charge is 0.445 e. The Morgan fingerprint density at radius 3 is 2.13 bits per heavy atom. The molecule has 8 nitrogen and oxygen atoms in total. The number of rotatable bonds is 14. The Labute approximate surface area is 230 Å². The fraction of sp³-hybridized carbons (Fsp3) is 0.483. The van der Waals surface area contributed by atoms with E-state index in [1.807, 2.05) is 69.3 Å². The molecule has 3 amide bonds. The number of ether oxygens (including phenoxy) is 2. The Bertz CT molecular complexity index is 983. The van der Waals surface area contributed by atoms with Crippen molar-refractivity contribution in [2.45, 2.75) is 70.5 Å². The molecule has 0 aliphatic heterocycles. The van der Waals surface area contributed by atoms with E-state index in [2.05, 4.69) is 28.1 Å². The minimum atomic E-state index is -0.723. The molecule has 0 heterocycles. The second-order valence-corrected chi connectivity index (χ2v) is 11.4. The van der Waals surface area contributed by atoms with Crippen LogP contribution in [0.15, 0.2) is 60.7 Å². The highest BCUT2D eigenvalue weighted by Gasteiger charge is 2.19. The third-order valence-electron chi connectivity index (χ3n) is 5.34. The molecule has 2 aromatic rings. The molecule has 0 saturated carbocycles. The van der Waals surface area contributed by atoms with Crippen LogP contribution in [-0.2, 0) is 27.3 Å². The van der Waals surface area contributed by atoms with Crippen LogP contribution in [-0.4, -0.2) is 53.8 Å². The van der Waals surface area contributed by atoms with Gasteiger partial charge in [0.05, 0.1) is 0 Å². The van der Waals surface area contributed by atoms with Gasteiger partial charge in [0.2, 0.25) is 5.91 Å². The smallest absolute Gasteiger partial charge is 0.408 e. The van der Waals surface area contributed by atoms with Crippen LogP contribution < -0.4 is 16.0 Å². The van der Waals surface area contributed by atoms with Crippen molar-refractivity contribution in [2.75, 3.05) is 18.8 Å². The van der Waals surface area contributed by atoms with Crippen LogP contribution in [0.25, 0.3) is 0 Å². The number of hydrogen-bond acceptors (Lipinski definition) is 6. The third kappa shape index (κ3) is 13.9. The Balaban J connectivity index is 1.74. The minimum absolute atomic E-state index is 0.143. The van der Waals surface area contributed by atoms with Gasteiger partial charge in [0.1, 0.15) is 18.2 Å². The van der Waals surface area contributed by atoms with E-state index >= 15 is 0 Å². The minimum Gasteiger partial charge on any atom is -0.445 e. The van der Waals surface area contributed by atoms with E-state index in [0.717, 1.165) is 30.6 Å². The van der Waals surface area contributed by atoms with Crippen molar-refractivity contribution in [2.24, 2.45) is 0 Å². The molecule has 0 aromatic heterocycles. The lowest BCUT2D eigenvalue weighted by molar-refractivity contribution is -0.122. The molecular weight excluding hydrogens is 502 g/mol. The molecule has 0 saturated heterocycles. The first kappa shape index (κ1) is 31.0. The second-order valence-electron chi connectivity index (χ2n) is 9.99. The molecule has 0 spiro atoms. The number of nitrogens with one attached hydrogen (secondary N) is 3. The molecule has 0 radical (unpaired) electrons. The monoisotopic (exact) mass is 543 g/mol. The number of benzene rings is 2. The van der Waals surface area contributed by atoms with Crippen molar-refractivity contribution < 1.29 is 23.9 Å². The highest BCUT2D eigenvalue weighted by atomic mass is 32.2. The Hall–Kier alpha value is -3.20. The number of amides is 3. The average Bonchev–Trinajstić information content (AvgIpc) is 2.87. The van der Waals surface area contributed by atoms with E-state index in [-0.39, 0.29) is 17.8 Å². The first-order chi connectivity index (χ1) is 18.1. The molecule has 2 rings (SSSR count). The predicted octanol–water partition coefficient (Wildman–Crippen LogP) is 5.07. The number of carbonyl (C=O) groups is 3. The topological polar surface area (TPSA) is 106 Å². The fourth-order valence-corrected chi connectivity index (χ4v) is 4.64. The van der Waals surface area contributed by atoms with E-state index in [9.17, 15) is 14.4 Å². The van der Waals surface area contributed by atoms with Crippen LogP contribution in [0, 0.1) is 0 Å². The summed E-state index contributed by atoms with van der Waals surface area (Å²) < 4.78 is 10.5. The van der Waals surface area contributed by atoms with Gasteiger partial charge in [-0.1, -0.05) is 60.7 Å². The van der Waals surface area contributed by atoms with Gasteiger partial charge in [-0.2, -0.15) is 11.8 Å². The Kier molecular flexibility index (Phi) is 13.6. The maximum Gasteiger partial charge on any atom is 0.408 e. The molecule has 0 aliphatic rings. The van der Waals surface area contributed by atoms with Crippen molar-refractivity contribution in [3.8, 4) is 0 Å². The van der Waals surface area contributed by atoms with E-state index in [1.165, 1.54) is 5.56 Å². The highest BCUT2D eigenvalue weighted by Crippen LogP contribution is 2.18. The molecule has 0 fully saturated rings. The maximum atomic E-state index is 12.6.